The second kappa shape index (κ2) is 4.96. The van der Waals surface area contributed by atoms with Crippen LogP contribution in [0.2, 0.25) is 0 Å². The fraction of sp³-hybridized carbons (Fsp3) is 0.214. The molecule has 0 bridgehead atoms. The predicted octanol–water partition coefficient (Wildman–Crippen LogP) is 2.75. The van der Waals surface area contributed by atoms with Crippen molar-refractivity contribution in [3.05, 3.63) is 41.6 Å². The molecule has 1 aromatic carbocycles. The van der Waals surface area contributed by atoms with Gasteiger partial charge in [0.25, 0.3) is 0 Å². The number of nitrogens with one attached hydrogen (secondary N) is 1. The zero-order valence-corrected chi connectivity index (χ0v) is 10.5. The summed E-state index contributed by atoms with van der Waals surface area (Å²) >= 11 is 0. The van der Waals surface area contributed by atoms with Crippen molar-refractivity contribution < 1.29 is 9.53 Å². The van der Waals surface area contributed by atoms with Crippen LogP contribution in [0.25, 0.3) is 11.1 Å². The fourth-order valence-corrected chi connectivity index (χ4v) is 2.03. The van der Waals surface area contributed by atoms with Gasteiger partial charge in [0.15, 0.2) is 0 Å². The van der Waals surface area contributed by atoms with Gasteiger partial charge in [-0.1, -0.05) is 30.3 Å². The predicted molar refractivity (Wildman–Crippen MR) is 71.3 cm³/mol. The monoisotopic (exact) mass is 244 g/mol. The average molecular weight is 244 g/mol. The molecule has 0 atom stereocenters. The van der Waals surface area contributed by atoms with Gasteiger partial charge >= 0.3 is 5.97 Å². The second-order valence-corrected chi connectivity index (χ2v) is 4.00. The SMILES string of the molecule is CCOC(=O)c1c(N)[nH]c(C)c1-c1ccccc1. The van der Waals surface area contributed by atoms with Gasteiger partial charge < -0.3 is 15.5 Å². The molecular weight excluding hydrogens is 228 g/mol. The molecule has 0 aliphatic carbocycles. The topological polar surface area (TPSA) is 68.1 Å². The molecule has 1 heterocycles. The van der Waals surface area contributed by atoms with Crippen LogP contribution in [0.5, 0.6) is 0 Å². The van der Waals surface area contributed by atoms with E-state index in [0.717, 1.165) is 16.8 Å². The van der Waals surface area contributed by atoms with E-state index in [2.05, 4.69) is 4.98 Å². The van der Waals surface area contributed by atoms with Crippen LogP contribution in [0.4, 0.5) is 5.82 Å². The van der Waals surface area contributed by atoms with Crippen LogP contribution in [-0.2, 0) is 4.74 Å². The molecule has 4 heteroatoms. The van der Waals surface area contributed by atoms with Crippen LogP contribution in [0.3, 0.4) is 0 Å². The van der Waals surface area contributed by atoms with Crippen molar-refractivity contribution in [2.45, 2.75) is 13.8 Å². The van der Waals surface area contributed by atoms with E-state index in [0.29, 0.717) is 18.0 Å². The molecular formula is C14H16N2O2. The van der Waals surface area contributed by atoms with E-state index in [1.165, 1.54) is 0 Å². The lowest BCUT2D eigenvalue weighted by atomic mass is 10.0. The maximum absolute atomic E-state index is 12.0. The summed E-state index contributed by atoms with van der Waals surface area (Å²) in [5.74, 6) is -0.0389. The van der Waals surface area contributed by atoms with Crippen molar-refractivity contribution in [2.75, 3.05) is 12.3 Å². The van der Waals surface area contributed by atoms with Crippen LogP contribution < -0.4 is 5.73 Å². The number of carbonyl (C=O) groups is 1. The summed E-state index contributed by atoms with van der Waals surface area (Å²) in [6, 6.07) is 9.66. The number of aromatic amines is 1. The molecule has 18 heavy (non-hydrogen) atoms. The lowest BCUT2D eigenvalue weighted by Gasteiger charge is -2.06. The maximum Gasteiger partial charge on any atom is 0.342 e. The van der Waals surface area contributed by atoms with Crippen LogP contribution in [0, 0.1) is 6.92 Å². The molecule has 94 valence electrons. The molecule has 4 nitrogen and oxygen atoms in total. The normalized spacial score (nSPS) is 10.3. The number of hydrogen-bond acceptors (Lipinski definition) is 3. The van der Waals surface area contributed by atoms with Gasteiger partial charge in [-0.25, -0.2) is 4.79 Å². The summed E-state index contributed by atoms with van der Waals surface area (Å²) in [5, 5.41) is 0. The van der Waals surface area contributed by atoms with Crippen LogP contribution in [-0.4, -0.2) is 17.6 Å². The number of aromatic nitrogens is 1. The minimum atomic E-state index is -0.391. The van der Waals surface area contributed by atoms with Crippen molar-refractivity contribution in [3.63, 3.8) is 0 Å². The number of nitrogen functional groups attached to an aromatic ring is 1. The Morgan fingerprint density at radius 3 is 2.61 bits per heavy atom. The number of benzene rings is 1. The highest BCUT2D eigenvalue weighted by molar-refractivity contribution is 6.03. The summed E-state index contributed by atoms with van der Waals surface area (Å²) in [7, 11) is 0. The molecule has 0 unspecified atom stereocenters. The van der Waals surface area contributed by atoms with Crippen molar-refractivity contribution in [2.24, 2.45) is 0 Å². The number of aryl methyl sites for hydroxylation is 1. The molecule has 0 saturated heterocycles. The zero-order chi connectivity index (χ0) is 13.1. The van der Waals surface area contributed by atoms with Gasteiger partial charge in [0.05, 0.1) is 6.61 Å². The third kappa shape index (κ3) is 2.09. The number of ether oxygens (including phenoxy) is 1. The lowest BCUT2D eigenvalue weighted by Crippen LogP contribution is -2.07. The van der Waals surface area contributed by atoms with Gasteiger partial charge in [0.1, 0.15) is 11.4 Å². The number of carbonyl (C=O) groups excluding carboxylic acids is 1. The van der Waals surface area contributed by atoms with E-state index >= 15 is 0 Å². The summed E-state index contributed by atoms with van der Waals surface area (Å²) < 4.78 is 5.05. The first kappa shape index (κ1) is 12.2. The van der Waals surface area contributed by atoms with E-state index < -0.39 is 5.97 Å². The third-order valence-electron chi connectivity index (χ3n) is 2.76. The molecule has 0 saturated carbocycles. The van der Waals surface area contributed by atoms with Gasteiger partial charge in [0.2, 0.25) is 0 Å². The number of esters is 1. The van der Waals surface area contributed by atoms with E-state index in [4.69, 9.17) is 10.5 Å². The van der Waals surface area contributed by atoms with Crippen LogP contribution in [0.1, 0.15) is 23.0 Å². The summed E-state index contributed by atoms with van der Waals surface area (Å²) in [5.41, 5.74) is 8.90. The summed E-state index contributed by atoms with van der Waals surface area (Å²) in [4.78, 5) is 14.9. The zero-order valence-electron chi connectivity index (χ0n) is 10.5. The van der Waals surface area contributed by atoms with E-state index in [-0.39, 0.29) is 0 Å². The molecule has 2 aromatic rings. The largest absolute Gasteiger partial charge is 0.462 e. The summed E-state index contributed by atoms with van der Waals surface area (Å²) in [6.45, 7) is 3.99. The molecule has 0 aliphatic heterocycles. The molecule has 1 aromatic heterocycles. The Labute approximate surface area is 106 Å². The van der Waals surface area contributed by atoms with E-state index in [9.17, 15) is 4.79 Å². The molecule has 0 aliphatic rings. The number of H-pyrrole nitrogens is 1. The first-order valence-electron chi connectivity index (χ1n) is 5.85. The fourth-order valence-electron chi connectivity index (χ4n) is 2.03. The van der Waals surface area contributed by atoms with Crippen molar-refractivity contribution in [1.82, 2.24) is 4.98 Å². The molecule has 0 radical (unpaired) electrons. The van der Waals surface area contributed by atoms with Gasteiger partial charge in [-0.05, 0) is 19.4 Å². The molecule has 0 amide bonds. The van der Waals surface area contributed by atoms with Crippen molar-refractivity contribution in [3.8, 4) is 11.1 Å². The smallest absolute Gasteiger partial charge is 0.342 e. The van der Waals surface area contributed by atoms with E-state index in [1.807, 2.05) is 37.3 Å². The third-order valence-corrected chi connectivity index (χ3v) is 2.76. The Morgan fingerprint density at radius 2 is 2.00 bits per heavy atom. The quantitative estimate of drug-likeness (QED) is 0.816. The second-order valence-electron chi connectivity index (χ2n) is 4.00. The molecule has 2 rings (SSSR count). The number of rotatable bonds is 3. The Bertz CT molecular complexity index is 559. The Kier molecular flexibility index (Phi) is 3.37. The highest BCUT2D eigenvalue weighted by Crippen LogP contribution is 2.31. The van der Waals surface area contributed by atoms with Gasteiger partial charge in [0, 0.05) is 11.3 Å². The average Bonchev–Trinajstić information content (AvgIpc) is 2.65. The molecule has 0 spiro atoms. The summed E-state index contributed by atoms with van der Waals surface area (Å²) in [6.07, 6.45) is 0. The standard InChI is InChI=1S/C14H16N2O2/c1-3-18-14(17)12-11(9(2)16-13(12)15)10-7-5-4-6-8-10/h4-8,16H,3,15H2,1-2H3. The van der Waals surface area contributed by atoms with Crippen molar-refractivity contribution in [1.29, 1.82) is 0 Å². The highest BCUT2D eigenvalue weighted by Gasteiger charge is 2.21. The number of hydrogen-bond donors (Lipinski definition) is 2. The van der Waals surface area contributed by atoms with E-state index in [1.54, 1.807) is 6.92 Å². The lowest BCUT2D eigenvalue weighted by molar-refractivity contribution is 0.0528. The highest BCUT2D eigenvalue weighted by atomic mass is 16.5. The van der Waals surface area contributed by atoms with Gasteiger partial charge in [-0.15, -0.1) is 0 Å². The van der Waals surface area contributed by atoms with Crippen molar-refractivity contribution >= 4 is 11.8 Å². The van der Waals surface area contributed by atoms with Gasteiger partial charge in [-0.3, -0.25) is 0 Å². The minimum Gasteiger partial charge on any atom is -0.462 e. The number of anilines is 1. The Hall–Kier alpha value is -2.23. The first-order valence-corrected chi connectivity index (χ1v) is 5.85. The Morgan fingerprint density at radius 1 is 1.33 bits per heavy atom. The molecule has 3 N–H and O–H groups in total. The first-order chi connectivity index (χ1) is 8.65. The van der Waals surface area contributed by atoms with Gasteiger partial charge in [-0.2, -0.15) is 0 Å². The minimum absolute atomic E-state index is 0.330. The maximum atomic E-state index is 12.0. The Balaban J connectivity index is 2.57. The van der Waals surface area contributed by atoms with Crippen LogP contribution >= 0.6 is 0 Å². The van der Waals surface area contributed by atoms with Crippen LogP contribution in [0.15, 0.2) is 30.3 Å². The number of nitrogens with two attached hydrogens (primary N) is 1. The molecule has 0 fully saturated rings.